The van der Waals surface area contributed by atoms with Crippen LogP contribution in [0.5, 0.6) is 0 Å². The molecule has 0 unspecified atom stereocenters. The van der Waals surface area contributed by atoms with Crippen LogP contribution in [-0.2, 0) is 25.7 Å². The van der Waals surface area contributed by atoms with Gasteiger partial charge in [-0.3, -0.25) is 9.98 Å². The predicted octanol–water partition coefficient (Wildman–Crippen LogP) is 11.1. The molecular weight excluding hydrogens is 472 g/mol. The first-order chi connectivity index (χ1) is 19.0. The molecule has 0 bridgehead atoms. The topological polar surface area (TPSA) is 24.7 Å². The molecule has 0 saturated carbocycles. The lowest BCUT2D eigenvalue weighted by Crippen LogP contribution is -2.01. The van der Waals surface area contributed by atoms with Crippen molar-refractivity contribution in [1.29, 1.82) is 0 Å². The van der Waals surface area contributed by atoms with Gasteiger partial charge in [0.15, 0.2) is 0 Å². The molecule has 0 aliphatic rings. The average Bonchev–Trinajstić information content (AvgIpc) is 2.96. The molecule has 3 aromatic carbocycles. The molecule has 0 saturated heterocycles. The average molecular weight is 523 g/mol. The van der Waals surface area contributed by atoms with Gasteiger partial charge in [-0.05, 0) is 121 Å². The van der Waals surface area contributed by atoms with Crippen LogP contribution in [-0.4, -0.2) is 11.9 Å². The molecule has 39 heavy (non-hydrogen) atoms. The number of unbranched alkanes of at least 4 members (excludes halogenated alkanes) is 3. The number of benzene rings is 3. The van der Waals surface area contributed by atoms with Crippen LogP contribution in [0.25, 0.3) is 11.1 Å². The van der Waals surface area contributed by atoms with Gasteiger partial charge < -0.3 is 0 Å². The van der Waals surface area contributed by atoms with Gasteiger partial charge in [0.25, 0.3) is 0 Å². The molecule has 0 spiro atoms. The Morgan fingerprint density at radius 2 is 1.31 bits per heavy atom. The van der Waals surface area contributed by atoms with E-state index in [1.54, 1.807) is 5.56 Å². The molecule has 2 heteroatoms. The predicted molar refractivity (Wildman–Crippen MR) is 174 cm³/mol. The summed E-state index contributed by atoms with van der Waals surface area (Å²) in [6.07, 6.45) is 14.6. The smallest absolute Gasteiger partial charge is 0.0642 e. The van der Waals surface area contributed by atoms with Crippen LogP contribution in [0, 0.1) is 6.92 Å². The van der Waals surface area contributed by atoms with E-state index in [1.165, 1.54) is 71.9 Å². The molecule has 0 aliphatic heterocycles. The van der Waals surface area contributed by atoms with E-state index in [0.717, 1.165) is 49.2 Å². The van der Waals surface area contributed by atoms with E-state index in [-0.39, 0.29) is 0 Å². The molecule has 2 nitrogen and oxygen atoms in total. The van der Waals surface area contributed by atoms with E-state index in [4.69, 9.17) is 9.98 Å². The van der Waals surface area contributed by atoms with Gasteiger partial charge in [-0.15, -0.1) is 0 Å². The number of hydrogen-bond acceptors (Lipinski definition) is 2. The summed E-state index contributed by atoms with van der Waals surface area (Å²) in [5, 5.41) is 0. The van der Waals surface area contributed by atoms with Crippen molar-refractivity contribution in [3.8, 4) is 11.1 Å². The second-order valence-corrected chi connectivity index (χ2v) is 10.8. The molecule has 3 aromatic rings. The fourth-order valence-corrected chi connectivity index (χ4v) is 5.43. The fraction of sp³-hybridized carbons (Fsp3) is 0.459. The lowest BCUT2D eigenvalue weighted by Gasteiger charge is -2.15. The SMILES string of the molecule is CCCCc1cc(N=CC(CC)=Nc2cc(C)c(CCCC)c(-c3ccccc3)c2)cc(CCCC)c1CC. The number of rotatable bonds is 15. The summed E-state index contributed by atoms with van der Waals surface area (Å²) >= 11 is 0. The largest absolute Gasteiger partial charge is 0.255 e. The summed E-state index contributed by atoms with van der Waals surface area (Å²) in [5.41, 5.74) is 13.0. The van der Waals surface area contributed by atoms with Gasteiger partial charge in [0, 0.05) is 6.21 Å². The molecule has 0 amide bonds. The first-order valence-corrected chi connectivity index (χ1v) is 15.5. The Balaban J connectivity index is 1.99. The third-order valence-corrected chi connectivity index (χ3v) is 7.69. The minimum atomic E-state index is 0.846. The Bertz CT molecular complexity index is 1200. The van der Waals surface area contributed by atoms with Gasteiger partial charge in [-0.25, -0.2) is 0 Å². The van der Waals surface area contributed by atoms with Crippen LogP contribution in [0.15, 0.2) is 64.6 Å². The van der Waals surface area contributed by atoms with Crippen LogP contribution in [0.4, 0.5) is 11.4 Å². The van der Waals surface area contributed by atoms with Crippen molar-refractivity contribution in [2.75, 3.05) is 0 Å². The monoisotopic (exact) mass is 522 g/mol. The highest BCUT2D eigenvalue weighted by Gasteiger charge is 2.12. The summed E-state index contributed by atoms with van der Waals surface area (Å²) in [7, 11) is 0. The Labute approximate surface area is 238 Å². The Hall–Kier alpha value is -3.00. The van der Waals surface area contributed by atoms with E-state index < -0.39 is 0 Å². The van der Waals surface area contributed by atoms with Crippen molar-refractivity contribution in [3.05, 3.63) is 82.4 Å². The van der Waals surface area contributed by atoms with Crippen LogP contribution in [0.2, 0.25) is 0 Å². The Morgan fingerprint density at radius 3 is 1.87 bits per heavy atom. The van der Waals surface area contributed by atoms with Crippen LogP contribution >= 0.6 is 0 Å². The van der Waals surface area contributed by atoms with E-state index in [2.05, 4.69) is 96.1 Å². The second kappa shape index (κ2) is 16.2. The summed E-state index contributed by atoms with van der Waals surface area (Å²) in [4.78, 5) is 10.1. The normalized spacial score (nSPS) is 12.0. The van der Waals surface area contributed by atoms with Crippen LogP contribution in [0.1, 0.15) is 107 Å². The van der Waals surface area contributed by atoms with Crippen molar-refractivity contribution in [2.45, 2.75) is 112 Å². The van der Waals surface area contributed by atoms with Gasteiger partial charge in [0.2, 0.25) is 0 Å². The van der Waals surface area contributed by atoms with E-state index >= 15 is 0 Å². The van der Waals surface area contributed by atoms with E-state index in [1.807, 2.05) is 6.21 Å². The molecular formula is C37H50N2. The maximum Gasteiger partial charge on any atom is 0.0642 e. The Kier molecular flexibility index (Phi) is 12.7. The van der Waals surface area contributed by atoms with Crippen molar-refractivity contribution in [2.24, 2.45) is 9.98 Å². The van der Waals surface area contributed by atoms with Crippen molar-refractivity contribution in [1.82, 2.24) is 0 Å². The standard InChI is InChI=1S/C37H50N2/c1-7-12-18-30-24-33(25-31(19-13-8-2)35(30)11-5)38-27-32(10-4)39-34-23-28(6)36(22-14-9-3)37(26-34)29-20-16-15-17-21-29/h15-17,20-21,23-27H,7-14,18-19,22H2,1-6H3. The van der Waals surface area contributed by atoms with Gasteiger partial charge in [0.05, 0.1) is 17.1 Å². The molecule has 0 aliphatic carbocycles. The summed E-state index contributed by atoms with van der Waals surface area (Å²) in [5.74, 6) is 0. The lowest BCUT2D eigenvalue weighted by molar-refractivity contribution is 0.766. The zero-order chi connectivity index (χ0) is 28.0. The Morgan fingerprint density at radius 1 is 0.692 bits per heavy atom. The minimum absolute atomic E-state index is 0.846. The van der Waals surface area contributed by atoms with E-state index in [9.17, 15) is 0 Å². The minimum Gasteiger partial charge on any atom is -0.255 e. The van der Waals surface area contributed by atoms with Gasteiger partial charge >= 0.3 is 0 Å². The van der Waals surface area contributed by atoms with Crippen LogP contribution < -0.4 is 0 Å². The van der Waals surface area contributed by atoms with Crippen LogP contribution in [0.3, 0.4) is 0 Å². The summed E-state index contributed by atoms with van der Waals surface area (Å²) in [6, 6.07) is 20.0. The quantitative estimate of drug-likeness (QED) is 0.177. The molecule has 208 valence electrons. The molecule has 0 atom stereocenters. The fourth-order valence-electron chi connectivity index (χ4n) is 5.43. The van der Waals surface area contributed by atoms with E-state index in [0.29, 0.717) is 0 Å². The third kappa shape index (κ3) is 8.75. The molecule has 0 fully saturated rings. The number of aryl methyl sites for hydroxylation is 3. The highest BCUT2D eigenvalue weighted by molar-refractivity contribution is 6.31. The molecule has 0 heterocycles. The number of hydrogen-bond donors (Lipinski definition) is 0. The maximum absolute atomic E-state index is 5.11. The van der Waals surface area contributed by atoms with Crippen molar-refractivity contribution < 1.29 is 0 Å². The second-order valence-electron chi connectivity index (χ2n) is 10.8. The zero-order valence-corrected chi connectivity index (χ0v) is 25.4. The highest BCUT2D eigenvalue weighted by Crippen LogP contribution is 2.33. The maximum atomic E-state index is 5.11. The zero-order valence-electron chi connectivity index (χ0n) is 25.4. The van der Waals surface area contributed by atoms with Gasteiger partial charge in [-0.2, -0.15) is 0 Å². The van der Waals surface area contributed by atoms with Crippen molar-refractivity contribution in [3.63, 3.8) is 0 Å². The molecule has 0 N–H and O–H groups in total. The summed E-state index contributed by atoms with van der Waals surface area (Å²) < 4.78 is 0. The molecule has 3 rings (SSSR count). The summed E-state index contributed by atoms with van der Waals surface area (Å²) in [6.45, 7) is 13.5. The number of aliphatic imine (C=N–C) groups is 2. The molecule has 0 aromatic heterocycles. The lowest BCUT2D eigenvalue weighted by atomic mass is 9.92. The van der Waals surface area contributed by atoms with Gasteiger partial charge in [-0.1, -0.05) is 84.2 Å². The highest BCUT2D eigenvalue weighted by atomic mass is 14.8. The molecule has 0 radical (unpaired) electrons. The first kappa shape index (κ1) is 30.5. The van der Waals surface area contributed by atoms with Gasteiger partial charge in [0.1, 0.15) is 0 Å². The number of nitrogens with zero attached hydrogens (tertiary/aromatic N) is 2. The third-order valence-electron chi connectivity index (χ3n) is 7.69. The van der Waals surface area contributed by atoms with Crippen molar-refractivity contribution >= 4 is 23.3 Å². The first-order valence-electron chi connectivity index (χ1n) is 15.5.